The number of hydrogen-bond donors (Lipinski definition) is 1. The molecule has 0 aromatic carbocycles. The molecule has 0 unspecified atom stereocenters. The molecule has 1 N–H and O–H groups in total. The van der Waals surface area contributed by atoms with Crippen LogP contribution in [0.3, 0.4) is 0 Å². The predicted molar refractivity (Wildman–Crippen MR) is 52.4 cm³/mol. The zero-order chi connectivity index (χ0) is 9.14. The van der Waals surface area contributed by atoms with Crippen molar-refractivity contribution >= 4 is 11.3 Å². The van der Waals surface area contributed by atoms with Gasteiger partial charge in [0.1, 0.15) is 0 Å². The van der Waals surface area contributed by atoms with Gasteiger partial charge in [-0.2, -0.15) is 0 Å². The van der Waals surface area contributed by atoms with Gasteiger partial charge in [-0.05, 0) is 19.3 Å². The monoisotopic (exact) mass is 184 g/mol. The molecule has 1 rings (SSSR count). The lowest BCUT2D eigenvalue weighted by Crippen LogP contribution is -2.15. The van der Waals surface area contributed by atoms with Crippen LogP contribution in [0.25, 0.3) is 0 Å². The fraction of sp³-hybridized carbons (Fsp3) is 0.667. The van der Waals surface area contributed by atoms with Gasteiger partial charge in [0, 0.05) is 17.6 Å². The Balaban J connectivity index is 2.68. The molecule has 1 heterocycles. The molecule has 0 bridgehead atoms. The zero-order valence-corrected chi connectivity index (χ0v) is 8.74. The van der Waals surface area contributed by atoms with Gasteiger partial charge >= 0.3 is 0 Å². The molecular formula is C9H16N2S. The summed E-state index contributed by atoms with van der Waals surface area (Å²) >= 11 is 1.51. The van der Waals surface area contributed by atoms with Gasteiger partial charge in [0.15, 0.2) is 4.80 Å². The minimum absolute atomic E-state index is 0.674. The third-order valence-electron chi connectivity index (χ3n) is 1.94. The summed E-state index contributed by atoms with van der Waals surface area (Å²) in [6, 6.07) is 0. The van der Waals surface area contributed by atoms with Gasteiger partial charge < -0.3 is 4.57 Å². The molecule has 68 valence electrons. The Labute approximate surface area is 77.4 Å². The number of thiazole rings is 1. The highest BCUT2D eigenvalue weighted by Crippen LogP contribution is 2.05. The molecule has 0 radical (unpaired) electrons. The van der Waals surface area contributed by atoms with E-state index >= 15 is 0 Å². The second kappa shape index (κ2) is 3.90. The van der Waals surface area contributed by atoms with Crippen molar-refractivity contribution in [1.29, 1.82) is 5.41 Å². The standard InChI is InChI=1S/C9H16N2S/c1-7(2)4-5-11-8(3)6-12-9(11)10/h6-7,10H,4-5H2,1-3H3. The molecule has 12 heavy (non-hydrogen) atoms. The topological polar surface area (TPSA) is 28.8 Å². The lowest BCUT2D eigenvalue weighted by Gasteiger charge is -2.07. The van der Waals surface area contributed by atoms with Crippen LogP contribution in [-0.4, -0.2) is 4.57 Å². The van der Waals surface area contributed by atoms with E-state index in [0.717, 1.165) is 18.9 Å². The maximum absolute atomic E-state index is 7.62. The molecule has 0 atom stereocenters. The predicted octanol–water partition coefficient (Wildman–Crippen LogP) is 2.38. The summed E-state index contributed by atoms with van der Waals surface area (Å²) in [5.74, 6) is 0.719. The van der Waals surface area contributed by atoms with Crippen molar-refractivity contribution in [2.75, 3.05) is 0 Å². The van der Waals surface area contributed by atoms with Crippen molar-refractivity contribution < 1.29 is 0 Å². The Morgan fingerprint density at radius 2 is 2.25 bits per heavy atom. The summed E-state index contributed by atoms with van der Waals surface area (Å²) in [4.78, 5) is 0.674. The van der Waals surface area contributed by atoms with Gasteiger partial charge in [-0.1, -0.05) is 13.8 Å². The first kappa shape index (κ1) is 9.52. The maximum Gasteiger partial charge on any atom is 0.182 e. The smallest absolute Gasteiger partial charge is 0.182 e. The molecule has 0 saturated heterocycles. The van der Waals surface area contributed by atoms with Crippen LogP contribution < -0.4 is 4.80 Å². The second-order valence-corrected chi connectivity index (χ2v) is 4.37. The molecular weight excluding hydrogens is 168 g/mol. The first-order valence-electron chi connectivity index (χ1n) is 4.30. The van der Waals surface area contributed by atoms with Crippen LogP contribution in [0.15, 0.2) is 5.38 Å². The fourth-order valence-corrected chi connectivity index (χ4v) is 1.87. The third-order valence-corrected chi connectivity index (χ3v) is 2.84. The number of aromatic nitrogens is 1. The lowest BCUT2D eigenvalue weighted by molar-refractivity contribution is 0.503. The van der Waals surface area contributed by atoms with E-state index < -0.39 is 0 Å². The largest absolute Gasteiger partial charge is 0.322 e. The molecule has 0 aliphatic rings. The van der Waals surface area contributed by atoms with Gasteiger partial charge in [0.2, 0.25) is 0 Å². The molecule has 1 aromatic rings. The summed E-state index contributed by atoms with van der Waals surface area (Å²) in [6.07, 6.45) is 1.16. The van der Waals surface area contributed by atoms with Crippen molar-refractivity contribution in [1.82, 2.24) is 4.57 Å². The highest BCUT2D eigenvalue weighted by Gasteiger charge is 2.00. The normalized spacial score (nSPS) is 11.0. The minimum atomic E-state index is 0.674. The highest BCUT2D eigenvalue weighted by molar-refractivity contribution is 7.07. The van der Waals surface area contributed by atoms with E-state index in [1.165, 1.54) is 17.0 Å². The number of nitrogens with zero attached hydrogens (tertiary/aromatic N) is 1. The maximum atomic E-state index is 7.62. The molecule has 0 amide bonds. The van der Waals surface area contributed by atoms with Crippen molar-refractivity contribution in [2.24, 2.45) is 5.92 Å². The number of hydrogen-bond acceptors (Lipinski definition) is 2. The quantitative estimate of drug-likeness (QED) is 0.747. The van der Waals surface area contributed by atoms with Gasteiger partial charge in [-0.3, -0.25) is 5.41 Å². The van der Waals surface area contributed by atoms with E-state index in [2.05, 4.69) is 25.3 Å². The third kappa shape index (κ3) is 2.21. The molecule has 1 aromatic heterocycles. The van der Waals surface area contributed by atoms with E-state index in [1.807, 2.05) is 5.38 Å². The number of rotatable bonds is 3. The van der Waals surface area contributed by atoms with E-state index in [4.69, 9.17) is 5.41 Å². The fourth-order valence-electron chi connectivity index (χ4n) is 1.09. The van der Waals surface area contributed by atoms with E-state index in [0.29, 0.717) is 4.80 Å². The summed E-state index contributed by atoms with van der Waals surface area (Å²) in [5.41, 5.74) is 1.21. The lowest BCUT2D eigenvalue weighted by atomic mass is 10.1. The molecule has 0 aliphatic heterocycles. The van der Waals surface area contributed by atoms with E-state index in [1.54, 1.807) is 0 Å². The molecule has 3 heteroatoms. The summed E-state index contributed by atoms with van der Waals surface area (Å²) in [5, 5.41) is 9.66. The molecule has 0 saturated carbocycles. The summed E-state index contributed by atoms with van der Waals surface area (Å²) in [6.45, 7) is 7.48. The van der Waals surface area contributed by atoms with Crippen molar-refractivity contribution in [2.45, 2.75) is 33.7 Å². The van der Waals surface area contributed by atoms with Crippen LogP contribution in [0.5, 0.6) is 0 Å². The SMILES string of the molecule is Cc1csc(=N)n1CCC(C)C. The molecule has 0 fully saturated rings. The van der Waals surface area contributed by atoms with Crippen LogP contribution in [0.1, 0.15) is 26.0 Å². The molecule has 0 spiro atoms. The zero-order valence-electron chi connectivity index (χ0n) is 7.92. The van der Waals surface area contributed by atoms with Gasteiger partial charge in [0.05, 0.1) is 0 Å². The van der Waals surface area contributed by atoms with E-state index in [-0.39, 0.29) is 0 Å². The first-order valence-corrected chi connectivity index (χ1v) is 5.18. The Morgan fingerprint density at radius 3 is 2.67 bits per heavy atom. The van der Waals surface area contributed by atoms with Crippen LogP contribution in [0.4, 0.5) is 0 Å². The number of nitrogens with one attached hydrogen (secondary N) is 1. The minimum Gasteiger partial charge on any atom is -0.322 e. The summed E-state index contributed by atoms with van der Waals surface area (Å²) in [7, 11) is 0. The number of aryl methyl sites for hydroxylation is 1. The van der Waals surface area contributed by atoms with Crippen LogP contribution in [0, 0.1) is 18.3 Å². The Morgan fingerprint density at radius 1 is 1.58 bits per heavy atom. The van der Waals surface area contributed by atoms with Crippen LogP contribution >= 0.6 is 11.3 Å². The van der Waals surface area contributed by atoms with Crippen molar-refractivity contribution in [3.63, 3.8) is 0 Å². The second-order valence-electron chi connectivity index (χ2n) is 3.52. The Bertz CT molecular complexity index is 296. The van der Waals surface area contributed by atoms with E-state index in [9.17, 15) is 0 Å². The van der Waals surface area contributed by atoms with Crippen molar-refractivity contribution in [3.05, 3.63) is 15.9 Å². The molecule has 0 aliphatic carbocycles. The van der Waals surface area contributed by atoms with Crippen LogP contribution in [0.2, 0.25) is 0 Å². The Hall–Kier alpha value is -0.570. The first-order chi connectivity index (χ1) is 5.61. The summed E-state index contributed by atoms with van der Waals surface area (Å²) < 4.78 is 2.07. The van der Waals surface area contributed by atoms with Crippen molar-refractivity contribution in [3.8, 4) is 0 Å². The van der Waals surface area contributed by atoms with Gasteiger partial charge in [0.25, 0.3) is 0 Å². The van der Waals surface area contributed by atoms with Gasteiger partial charge in [-0.25, -0.2) is 0 Å². The van der Waals surface area contributed by atoms with Crippen LogP contribution in [-0.2, 0) is 6.54 Å². The average Bonchev–Trinajstić information content (AvgIpc) is 2.28. The highest BCUT2D eigenvalue weighted by atomic mass is 32.1. The van der Waals surface area contributed by atoms with Gasteiger partial charge in [-0.15, -0.1) is 11.3 Å². The average molecular weight is 184 g/mol. The molecule has 2 nitrogen and oxygen atoms in total. The Kier molecular flexibility index (Phi) is 3.09.